The summed E-state index contributed by atoms with van der Waals surface area (Å²) in [7, 11) is 0. The van der Waals surface area contributed by atoms with Crippen molar-refractivity contribution < 1.29 is 23.8 Å². The van der Waals surface area contributed by atoms with Crippen molar-refractivity contribution in [2.45, 2.75) is 32.8 Å². The second-order valence-electron chi connectivity index (χ2n) is 7.15. The van der Waals surface area contributed by atoms with E-state index in [9.17, 15) is 9.59 Å². The van der Waals surface area contributed by atoms with E-state index in [1.807, 2.05) is 45.0 Å². The molecule has 2 aromatic carbocycles. The first-order chi connectivity index (χ1) is 12.8. The van der Waals surface area contributed by atoms with Gasteiger partial charge in [0.25, 0.3) is 5.91 Å². The van der Waals surface area contributed by atoms with Crippen LogP contribution in [0, 0.1) is 6.92 Å². The van der Waals surface area contributed by atoms with Gasteiger partial charge in [-0.15, -0.1) is 0 Å². The number of fused-ring (bicyclic) bond motifs is 1. The first-order valence-electron chi connectivity index (χ1n) is 8.78. The van der Waals surface area contributed by atoms with Gasteiger partial charge in [0.1, 0.15) is 5.60 Å². The average Bonchev–Trinajstić information content (AvgIpc) is 2.94. The van der Waals surface area contributed by atoms with E-state index in [-0.39, 0.29) is 18.8 Å². The molecular formula is C21H23NO5. The number of anilines is 1. The summed E-state index contributed by atoms with van der Waals surface area (Å²) in [6.07, 6.45) is 0.781. The molecule has 27 heavy (non-hydrogen) atoms. The second kappa shape index (κ2) is 7.70. The summed E-state index contributed by atoms with van der Waals surface area (Å²) in [5.74, 6) is 0.133. The van der Waals surface area contributed by atoms with E-state index in [0.717, 1.165) is 17.5 Å². The normalized spacial score (nSPS) is 14.0. The second-order valence-corrected chi connectivity index (χ2v) is 7.15. The number of esters is 1. The molecule has 0 bridgehead atoms. The van der Waals surface area contributed by atoms with Gasteiger partial charge in [-0.05, 0) is 39.0 Å². The number of nitrogens with one attached hydrogen (secondary N) is 1. The van der Waals surface area contributed by atoms with Crippen LogP contribution in [-0.4, -0.2) is 30.7 Å². The maximum atomic E-state index is 11.9. The molecule has 0 spiro atoms. The van der Waals surface area contributed by atoms with E-state index < -0.39 is 11.9 Å². The van der Waals surface area contributed by atoms with Gasteiger partial charge >= 0.3 is 5.97 Å². The summed E-state index contributed by atoms with van der Waals surface area (Å²) >= 11 is 0. The fourth-order valence-corrected chi connectivity index (χ4v) is 2.86. The molecule has 0 aromatic heterocycles. The molecule has 0 fully saturated rings. The van der Waals surface area contributed by atoms with Crippen molar-refractivity contribution in [3.63, 3.8) is 0 Å². The van der Waals surface area contributed by atoms with Crippen LogP contribution in [0.4, 0.5) is 5.69 Å². The van der Waals surface area contributed by atoms with Crippen molar-refractivity contribution in [2.24, 2.45) is 0 Å². The number of aryl methyl sites for hydroxylation is 1. The first-order valence-corrected chi connectivity index (χ1v) is 8.78. The Kier molecular flexibility index (Phi) is 5.35. The Labute approximate surface area is 158 Å². The molecule has 6 heteroatoms. The molecule has 0 saturated heterocycles. The van der Waals surface area contributed by atoms with Gasteiger partial charge in [0.05, 0.1) is 0 Å². The highest BCUT2D eigenvalue weighted by molar-refractivity contribution is 5.92. The number of rotatable bonds is 6. The van der Waals surface area contributed by atoms with Crippen LogP contribution in [0.5, 0.6) is 11.5 Å². The van der Waals surface area contributed by atoms with Gasteiger partial charge < -0.3 is 19.5 Å². The molecule has 0 atom stereocenters. The Morgan fingerprint density at radius 1 is 1.11 bits per heavy atom. The number of para-hydroxylation sites is 1. The van der Waals surface area contributed by atoms with Crippen LogP contribution >= 0.6 is 0 Å². The van der Waals surface area contributed by atoms with Gasteiger partial charge in [0.15, 0.2) is 24.7 Å². The Morgan fingerprint density at radius 2 is 1.85 bits per heavy atom. The van der Waals surface area contributed by atoms with Crippen LogP contribution < -0.4 is 14.8 Å². The van der Waals surface area contributed by atoms with E-state index in [1.54, 1.807) is 18.2 Å². The van der Waals surface area contributed by atoms with Crippen LogP contribution in [0.2, 0.25) is 0 Å². The highest BCUT2D eigenvalue weighted by Crippen LogP contribution is 2.41. The first kappa shape index (κ1) is 18.8. The van der Waals surface area contributed by atoms with Crippen LogP contribution in [-0.2, 0) is 20.7 Å². The van der Waals surface area contributed by atoms with Crippen molar-refractivity contribution >= 4 is 17.6 Å². The monoisotopic (exact) mass is 369 g/mol. The van der Waals surface area contributed by atoms with Gasteiger partial charge in [0, 0.05) is 17.7 Å². The average molecular weight is 369 g/mol. The minimum Gasteiger partial charge on any atom is -0.483 e. The Morgan fingerprint density at radius 3 is 2.59 bits per heavy atom. The van der Waals surface area contributed by atoms with E-state index in [0.29, 0.717) is 17.2 Å². The zero-order valence-corrected chi connectivity index (χ0v) is 15.7. The quantitative estimate of drug-likeness (QED) is 0.791. The zero-order chi connectivity index (χ0) is 19.4. The van der Waals surface area contributed by atoms with E-state index in [1.165, 1.54) is 0 Å². The molecule has 1 heterocycles. The fraction of sp³-hybridized carbons (Fsp3) is 0.333. The van der Waals surface area contributed by atoms with Crippen molar-refractivity contribution in [1.82, 2.24) is 0 Å². The van der Waals surface area contributed by atoms with Gasteiger partial charge in [-0.3, -0.25) is 4.79 Å². The largest absolute Gasteiger partial charge is 0.483 e. The molecule has 0 unspecified atom stereocenters. The third kappa shape index (κ3) is 5.00. The summed E-state index contributed by atoms with van der Waals surface area (Å²) in [4.78, 5) is 23.7. The van der Waals surface area contributed by atoms with Crippen molar-refractivity contribution in [1.29, 1.82) is 0 Å². The van der Waals surface area contributed by atoms with E-state index in [4.69, 9.17) is 14.2 Å². The van der Waals surface area contributed by atoms with Gasteiger partial charge in [-0.2, -0.15) is 0 Å². The number of amides is 1. The molecule has 0 saturated carbocycles. The van der Waals surface area contributed by atoms with Crippen LogP contribution in [0.15, 0.2) is 42.5 Å². The molecule has 1 aliphatic heterocycles. The van der Waals surface area contributed by atoms with E-state index in [2.05, 4.69) is 5.32 Å². The zero-order valence-electron chi connectivity index (χ0n) is 15.7. The molecule has 6 nitrogen and oxygen atoms in total. The van der Waals surface area contributed by atoms with Gasteiger partial charge in [-0.1, -0.05) is 29.8 Å². The highest BCUT2D eigenvalue weighted by Gasteiger charge is 2.32. The third-order valence-electron chi connectivity index (χ3n) is 4.10. The van der Waals surface area contributed by atoms with Crippen LogP contribution in [0.3, 0.4) is 0 Å². The smallest absolute Gasteiger partial charge is 0.344 e. The lowest BCUT2D eigenvalue weighted by atomic mass is 10.0. The minimum atomic E-state index is -0.621. The SMILES string of the molecule is Cc1ccc(NC(=O)COC(=O)COc2cccc3c2OC(C)(C)C3)cc1. The van der Waals surface area contributed by atoms with Crippen molar-refractivity contribution in [3.8, 4) is 11.5 Å². The number of benzene rings is 2. The topological polar surface area (TPSA) is 73.9 Å². The molecule has 1 aliphatic rings. The summed E-state index contributed by atoms with van der Waals surface area (Å²) in [5, 5.41) is 2.66. The maximum absolute atomic E-state index is 11.9. The summed E-state index contributed by atoms with van der Waals surface area (Å²) < 4.78 is 16.4. The number of carbonyl (C=O) groups excluding carboxylic acids is 2. The predicted octanol–water partition coefficient (Wildman–Crippen LogP) is 3.27. The molecule has 1 amide bonds. The number of carbonyl (C=O) groups is 2. The standard InChI is InChI=1S/C21H23NO5/c1-14-7-9-16(10-8-14)22-18(23)12-26-19(24)13-25-17-6-4-5-15-11-21(2,3)27-20(15)17/h4-10H,11-13H2,1-3H3,(H,22,23). The number of ether oxygens (including phenoxy) is 3. The number of hydrogen-bond acceptors (Lipinski definition) is 5. The predicted molar refractivity (Wildman–Crippen MR) is 101 cm³/mol. The molecule has 142 valence electrons. The van der Waals surface area contributed by atoms with Gasteiger partial charge in [-0.25, -0.2) is 4.79 Å². The molecule has 2 aromatic rings. The molecular weight excluding hydrogens is 346 g/mol. The Bertz CT molecular complexity index is 842. The third-order valence-corrected chi connectivity index (χ3v) is 4.10. The molecule has 3 rings (SSSR count). The maximum Gasteiger partial charge on any atom is 0.344 e. The van der Waals surface area contributed by atoms with Crippen LogP contribution in [0.1, 0.15) is 25.0 Å². The highest BCUT2D eigenvalue weighted by atomic mass is 16.6. The summed E-state index contributed by atoms with van der Waals surface area (Å²) in [6.45, 7) is 5.29. The number of hydrogen-bond donors (Lipinski definition) is 1. The molecule has 0 radical (unpaired) electrons. The van der Waals surface area contributed by atoms with Crippen LogP contribution in [0.25, 0.3) is 0 Å². The summed E-state index contributed by atoms with van der Waals surface area (Å²) in [6, 6.07) is 12.9. The van der Waals surface area contributed by atoms with Crippen molar-refractivity contribution in [2.75, 3.05) is 18.5 Å². The molecule has 0 aliphatic carbocycles. The molecule has 1 N–H and O–H groups in total. The van der Waals surface area contributed by atoms with E-state index >= 15 is 0 Å². The lowest BCUT2D eigenvalue weighted by Crippen LogP contribution is -2.25. The fourth-order valence-electron chi connectivity index (χ4n) is 2.86. The van der Waals surface area contributed by atoms with Gasteiger partial charge in [0.2, 0.25) is 0 Å². The van der Waals surface area contributed by atoms with Crippen molar-refractivity contribution in [3.05, 3.63) is 53.6 Å². The Balaban J connectivity index is 1.46. The minimum absolute atomic E-state index is 0.294. The summed E-state index contributed by atoms with van der Waals surface area (Å²) in [5.41, 5.74) is 2.49. The lowest BCUT2D eigenvalue weighted by Gasteiger charge is -2.18. The lowest BCUT2D eigenvalue weighted by molar-refractivity contribution is -0.149. The Hall–Kier alpha value is -3.02.